The third-order valence-electron chi connectivity index (χ3n) is 1.72. The Bertz CT molecular complexity index is 304. The summed E-state index contributed by atoms with van der Waals surface area (Å²) < 4.78 is 12.7. The third kappa shape index (κ3) is 2.66. The predicted molar refractivity (Wildman–Crippen MR) is 54.8 cm³/mol. The third-order valence-corrected chi connectivity index (χ3v) is 2.51. The number of alkyl halides is 1. The van der Waals surface area contributed by atoms with Gasteiger partial charge >= 0.3 is 0 Å². The van der Waals surface area contributed by atoms with Crippen LogP contribution in [0.1, 0.15) is 18.6 Å². The van der Waals surface area contributed by atoms with E-state index < -0.39 is 11.9 Å². The van der Waals surface area contributed by atoms with Gasteiger partial charge in [0.25, 0.3) is 0 Å². The predicted octanol–water partition coefficient (Wildman–Crippen LogP) is 3.30. The van der Waals surface area contributed by atoms with Crippen molar-refractivity contribution in [2.24, 2.45) is 0 Å². The van der Waals surface area contributed by atoms with Crippen molar-refractivity contribution in [3.63, 3.8) is 0 Å². The van der Waals surface area contributed by atoms with Crippen molar-refractivity contribution in [3.05, 3.63) is 34.6 Å². The van der Waals surface area contributed by atoms with Gasteiger partial charge < -0.3 is 5.11 Å². The molecule has 0 radical (unpaired) electrons. The first-order chi connectivity index (χ1) is 6.02. The summed E-state index contributed by atoms with van der Waals surface area (Å²) in [4.78, 5) is -0.0889. The Balaban J connectivity index is 2.97. The highest BCUT2D eigenvalue weighted by molar-refractivity contribution is 9.09. The average Bonchev–Trinajstić information content (AvgIpc) is 2.08. The van der Waals surface area contributed by atoms with Gasteiger partial charge in [-0.25, -0.2) is 4.39 Å². The smallest absolute Gasteiger partial charge is 0.141 e. The van der Waals surface area contributed by atoms with E-state index in [2.05, 4.69) is 15.9 Å². The fraction of sp³-hybridized carbons (Fsp3) is 0.333. The van der Waals surface area contributed by atoms with Crippen LogP contribution < -0.4 is 0 Å². The van der Waals surface area contributed by atoms with Crippen LogP contribution in [0.15, 0.2) is 18.2 Å². The summed E-state index contributed by atoms with van der Waals surface area (Å²) >= 11 is 8.79. The van der Waals surface area contributed by atoms with Crippen molar-refractivity contribution >= 4 is 27.5 Å². The minimum absolute atomic E-state index is 0.0321. The van der Waals surface area contributed by atoms with E-state index in [1.807, 2.05) is 6.92 Å². The van der Waals surface area contributed by atoms with E-state index in [9.17, 15) is 9.50 Å². The molecule has 72 valence electrons. The highest BCUT2D eigenvalue weighted by Crippen LogP contribution is 2.25. The molecule has 0 spiro atoms. The lowest BCUT2D eigenvalue weighted by Gasteiger charge is -2.13. The molecular weight excluding hydrogens is 258 g/mol. The molecule has 0 saturated carbocycles. The van der Waals surface area contributed by atoms with Gasteiger partial charge in [-0.05, 0) is 24.6 Å². The van der Waals surface area contributed by atoms with E-state index in [4.69, 9.17) is 11.6 Å². The van der Waals surface area contributed by atoms with Gasteiger partial charge in [0.2, 0.25) is 0 Å². The summed E-state index contributed by atoms with van der Waals surface area (Å²) in [6.07, 6.45) is -0.668. The van der Waals surface area contributed by atoms with E-state index in [0.29, 0.717) is 5.56 Å². The molecule has 1 rings (SSSR count). The quantitative estimate of drug-likeness (QED) is 0.815. The first kappa shape index (κ1) is 11.0. The van der Waals surface area contributed by atoms with E-state index in [0.717, 1.165) is 0 Å². The molecule has 0 aliphatic carbocycles. The molecule has 0 saturated heterocycles. The van der Waals surface area contributed by atoms with Crippen LogP contribution in [-0.2, 0) is 0 Å². The number of hydrogen-bond acceptors (Lipinski definition) is 1. The largest absolute Gasteiger partial charge is 0.387 e. The Labute approximate surface area is 89.7 Å². The number of hydrogen-bond donors (Lipinski definition) is 1. The average molecular weight is 268 g/mol. The van der Waals surface area contributed by atoms with E-state index in [1.54, 1.807) is 0 Å². The Hall–Kier alpha value is -0.120. The second-order valence-corrected chi connectivity index (χ2v) is 4.65. The summed E-state index contributed by atoms with van der Waals surface area (Å²) in [6.45, 7) is 1.81. The maximum atomic E-state index is 12.7. The molecule has 0 aliphatic heterocycles. The number of benzene rings is 1. The molecule has 1 aromatic rings. The summed E-state index contributed by atoms with van der Waals surface area (Å²) in [7, 11) is 0. The van der Waals surface area contributed by atoms with Gasteiger partial charge in [0.05, 0.1) is 11.1 Å². The van der Waals surface area contributed by atoms with Gasteiger partial charge in [0, 0.05) is 4.83 Å². The number of halogens is 3. The molecule has 1 aromatic carbocycles. The van der Waals surface area contributed by atoms with Gasteiger partial charge in [-0.2, -0.15) is 0 Å². The number of aliphatic hydroxyl groups is 1. The highest BCUT2D eigenvalue weighted by Gasteiger charge is 2.14. The van der Waals surface area contributed by atoms with Crippen LogP contribution in [0.5, 0.6) is 0 Å². The van der Waals surface area contributed by atoms with Crippen LogP contribution >= 0.6 is 27.5 Å². The van der Waals surface area contributed by atoms with Crippen LogP contribution in [0.4, 0.5) is 4.39 Å². The normalized spacial score (nSPS) is 15.5. The van der Waals surface area contributed by atoms with Crippen molar-refractivity contribution in [2.75, 3.05) is 0 Å². The maximum absolute atomic E-state index is 12.7. The molecule has 4 heteroatoms. The van der Waals surface area contributed by atoms with Crippen molar-refractivity contribution in [3.8, 4) is 0 Å². The van der Waals surface area contributed by atoms with Crippen molar-refractivity contribution in [2.45, 2.75) is 17.9 Å². The fourth-order valence-corrected chi connectivity index (χ4v) is 1.46. The minimum atomic E-state index is -0.668. The van der Waals surface area contributed by atoms with Gasteiger partial charge in [0.1, 0.15) is 5.82 Å². The van der Waals surface area contributed by atoms with Crippen molar-refractivity contribution in [1.29, 1.82) is 0 Å². The lowest BCUT2D eigenvalue weighted by atomic mass is 10.1. The Morgan fingerprint density at radius 3 is 2.62 bits per heavy atom. The summed E-state index contributed by atoms with van der Waals surface area (Å²) in [5.41, 5.74) is 0.607. The Morgan fingerprint density at radius 2 is 2.15 bits per heavy atom. The summed E-state index contributed by atoms with van der Waals surface area (Å²) in [5, 5.41) is 9.62. The zero-order chi connectivity index (χ0) is 10.0. The molecule has 2 atom stereocenters. The summed E-state index contributed by atoms with van der Waals surface area (Å²) in [5.74, 6) is -0.472. The fourth-order valence-electron chi connectivity index (χ4n) is 0.962. The topological polar surface area (TPSA) is 20.2 Å². The van der Waals surface area contributed by atoms with E-state index in [1.165, 1.54) is 18.2 Å². The zero-order valence-corrected chi connectivity index (χ0v) is 9.31. The van der Waals surface area contributed by atoms with Gasteiger partial charge in [-0.15, -0.1) is 0 Å². The molecule has 0 amide bonds. The van der Waals surface area contributed by atoms with Crippen LogP contribution in [-0.4, -0.2) is 9.93 Å². The molecule has 13 heavy (non-hydrogen) atoms. The van der Waals surface area contributed by atoms with Gasteiger partial charge in [0.15, 0.2) is 0 Å². The van der Waals surface area contributed by atoms with Crippen LogP contribution in [0.3, 0.4) is 0 Å². The number of aliphatic hydroxyl groups excluding tert-OH is 1. The zero-order valence-electron chi connectivity index (χ0n) is 6.97. The van der Waals surface area contributed by atoms with Crippen LogP contribution in [0.2, 0.25) is 5.02 Å². The Morgan fingerprint density at radius 1 is 1.54 bits per heavy atom. The highest BCUT2D eigenvalue weighted by atomic mass is 79.9. The number of rotatable bonds is 2. The van der Waals surface area contributed by atoms with Crippen LogP contribution in [0, 0.1) is 5.82 Å². The Kier molecular flexibility index (Phi) is 3.71. The first-order valence-corrected chi connectivity index (χ1v) is 5.09. The van der Waals surface area contributed by atoms with Crippen molar-refractivity contribution < 1.29 is 9.50 Å². The summed E-state index contributed by atoms with van der Waals surface area (Å²) in [6, 6.07) is 4.19. The van der Waals surface area contributed by atoms with Crippen LogP contribution in [0.25, 0.3) is 0 Å². The second-order valence-electron chi connectivity index (χ2n) is 2.80. The van der Waals surface area contributed by atoms with Gasteiger partial charge in [-0.3, -0.25) is 0 Å². The second kappa shape index (κ2) is 4.40. The first-order valence-electron chi connectivity index (χ1n) is 3.79. The minimum Gasteiger partial charge on any atom is -0.387 e. The molecule has 0 heterocycles. The maximum Gasteiger partial charge on any atom is 0.141 e. The van der Waals surface area contributed by atoms with E-state index in [-0.39, 0.29) is 9.85 Å². The monoisotopic (exact) mass is 266 g/mol. The molecule has 0 fully saturated rings. The SMILES string of the molecule is CC(Br)C(O)c1ccc(F)c(Cl)c1. The molecule has 2 unspecified atom stereocenters. The molecular formula is C9H9BrClFO. The molecule has 0 bridgehead atoms. The molecule has 1 N–H and O–H groups in total. The lowest BCUT2D eigenvalue weighted by Crippen LogP contribution is -2.07. The molecule has 1 nitrogen and oxygen atoms in total. The van der Waals surface area contributed by atoms with Crippen molar-refractivity contribution in [1.82, 2.24) is 0 Å². The van der Waals surface area contributed by atoms with Gasteiger partial charge in [-0.1, -0.05) is 33.6 Å². The standard InChI is InChI=1S/C9H9BrClFO/c1-5(10)9(13)6-2-3-8(12)7(11)4-6/h2-5,9,13H,1H3. The van der Waals surface area contributed by atoms with E-state index >= 15 is 0 Å². The molecule has 0 aromatic heterocycles. The molecule has 0 aliphatic rings. The lowest BCUT2D eigenvalue weighted by molar-refractivity contribution is 0.181.